The molecule has 1 aromatic heterocycles. The molecule has 1 rings (SSSR count). The minimum absolute atomic E-state index is 0.0876. The molecule has 0 aromatic carbocycles. The molecule has 0 spiro atoms. The lowest BCUT2D eigenvalue weighted by atomic mass is 10.0. The monoisotopic (exact) mass is 266 g/mol. The van der Waals surface area contributed by atoms with E-state index < -0.39 is 0 Å². The van der Waals surface area contributed by atoms with Crippen LogP contribution in [0, 0.1) is 0 Å². The minimum atomic E-state index is 0.0876. The molecule has 0 amide bonds. The lowest BCUT2D eigenvalue weighted by Crippen LogP contribution is -2.14. The molecule has 2 N–H and O–H groups in total. The predicted octanol–water partition coefficient (Wildman–Crippen LogP) is 3.74. The molecule has 4 nitrogen and oxygen atoms in total. The quantitative estimate of drug-likeness (QED) is 0.621. The van der Waals surface area contributed by atoms with Gasteiger partial charge in [0.1, 0.15) is 0 Å². The molecule has 0 aliphatic rings. The van der Waals surface area contributed by atoms with Crippen LogP contribution in [0.4, 0.5) is 0 Å². The maximum absolute atomic E-state index is 6.14. The number of unbranched alkanes of at least 4 members (excludes halogenated alkanes) is 8. The summed E-state index contributed by atoms with van der Waals surface area (Å²) in [5, 5.41) is 7.79. The lowest BCUT2D eigenvalue weighted by molar-refractivity contribution is 0.514. The summed E-state index contributed by atoms with van der Waals surface area (Å²) in [4.78, 5) is 0. The zero-order valence-corrected chi connectivity index (χ0v) is 12.6. The lowest BCUT2D eigenvalue weighted by Gasteiger charge is -2.10. The van der Waals surface area contributed by atoms with Crippen LogP contribution in [-0.2, 0) is 7.05 Å². The van der Waals surface area contributed by atoms with Crippen molar-refractivity contribution < 1.29 is 0 Å². The molecule has 0 saturated heterocycles. The first-order valence-electron chi connectivity index (χ1n) is 7.86. The van der Waals surface area contributed by atoms with Gasteiger partial charge >= 0.3 is 0 Å². The maximum atomic E-state index is 6.14. The van der Waals surface area contributed by atoms with Gasteiger partial charge in [0.2, 0.25) is 0 Å². The van der Waals surface area contributed by atoms with Gasteiger partial charge in [0.15, 0.2) is 0 Å². The highest BCUT2D eigenvalue weighted by molar-refractivity contribution is 5.00. The molecule has 19 heavy (non-hydrogen) atoms. The Balaban J connectivity index is 1.95. The van der Waals surface area contributed by atoms with Crippen LogP contribution in [-0.4, -0.2) is 15.0 Å². The summed E-state index contributed by atoms with van der Waals surface area (Å²) < 4.78 is 1.78. The van der Waals surface area contributed by atoms with Gasteiger partial charge in [-0.3, -0.25) is 4.68 Å². The van der Waals surface area contributed by atoms with Gasteiger partial charge in [-0.2, -0.15) is 0 Å². The highest BCUT2D eigenvalue weighted by Gasteiger charge is 2.09. The average molecular weight is 266 g/mol. The first-order valence-corrected chi connectivity index (χ1v) is 7.86. The molecular formula is C15H30N4. The molecule has 1 aromatic rings. The number of hydrogen-bond donors (Lipinski definition) is 1. The second kappa shape index (κ2) is 9.96. The van der Waals surface area contributed by atoms with Crippen molar-refractivity contribution in [3.8, 4) is 0 Å². The van der Waals surface area contributed by atoms with Crippen LogP contribution >= 0.6 is 0 Å². The zero-order chi connectivity index (χ0) is 13.9. The molecule has 110 valence electrons. The number of hydrogen-bond acceptors (Lipinski definition) is 3. The summed E-state index contributed by atoms with van der Waals surface area (Å²) in [6.07, 6.45) is 15.0. The van der Waals surface area contributed by atoms with E-state index in [-0.39, 0.29) is 6.04 Å². The van der Waals surface area contributed by atoms with Gasteiger partial charge in [0, 0.05) is 13.1 Å². The first-order chi connectivity index (χ1) is 9.25. The van der Waals surface area contributed by atoms with Crippen molar-refractivity contribution in [2.75, 3.05) is 0 Å². The van der Waals surface area contributed by atoms with E-state index in [0.717, 1.165) is 12.1 Å². The van der Waals surface area contributed by atoms with Gasteiger partial charge in [-0.15, -0.1) is 5.10 Å². The number of rotatable bonds is 11. The molecular weight excluding hydrogens is 236 g/mol. The fraction of sp³-hybridized carbons (Fsp3) is 0.867. The predicted molar refractivity (Wildman–Crippen MR) is 79.8 cm³/mol. The van der Waals surface area contributed by atoms with Gasteiger partial charge < -0.3 is 5.73 Å². The molecule has 0 aliphatic heterocycles. The van der Waals surface area contributed by atoms with Crippen LogP contribution in [0.1, 0.15) is 82.9 Å². The van der Waals surface area contributed by atoms with Crippen LogP contribution in [0.2, 0.25) is 0 Å². The summed E-state index contributed by atoms with van der Waals surface area (Å²) in [6, 6.07) is 0.0876. The first kappa shape index (κ1) is 16.2. The third kappa shape index (κ3) is 6.71. The molecule has 0 saturated carbocycles. The third-order valence-corrected chi connectivity index (χ3v) is 3.75. The van der Waals surface area contributed by atoms with Gasteiger partial charge in [0.25, 0.3) is 0 Å². The second-order valence-corrected chi connectivity index (χ2v) is 5.51. The van der Waals surface area contributed by atoms with Crippen molar-refractivity contribution in [3.05, 3.63) is 11.9 Å². The topological polar surface area (TPSA) is 56.7 Å². The van der Waals surface area contributed by atoms with E-state index in [1.54, 1.807) is 10.9 Å². The van der Waals surface area contributed by atoms with Crippen LogP contribution in [0.3, 0.4) is 0 Å². The Labute approximate surface area is 117 Å². The van der Waals surface area contributed by atoms with Gasteiger partial charge in [-0.25, -0.2) is 0 Å². The van der Waals surface area contributed by atoms with E-state index in [9.17, 15) is 0 Å². The Hall–Kier alpha value is -0.900. The van der Waals surface area contributed by atoms with Crippen molar-refractivity contribution in [2.24, 2.45) is 12.8 Å². The van der Waals surface area contributed by atoms with E-state index in [4.69, 9.17) is 5.73 Å². The normalized spacial score (nSPS) is 12.8. The molecule has 1 atom stereocenters. The van der Waals surface area contributed by atoms with Crippen molar-refractivity contribution in [2.45, 2.75) is 77.2 Å². The van der Waals surface area contributed by atoms with Gasteiger partial charge in [-0.1, -0.05) is 69.9 Å². The third-order valence-electron chi connectivity index (χ3n) is 3.75. The smallest absolute Gasteiger partial charge is 0.0751 e. The van der Waals surface area contributed by atoms with Crippen LogP contribution in [0.15, 0.2) is 6.20 Å². The number of nitrogens with zero attached hydrogens (tertiary/aromatic N) is 3. The molecule has 1 unspecified atom stereocenters. The summed E-state index contributed by atoms with van der Waals surface area (Å²) in [7, 11) is 1.90. The van der Waals surface area contributed by atoms with Crippen molar-refractivity contribution in [1.82, 2.24) is 15.0 Å². The van der Waals surface area contributed by atoms with E-state index in [1.165, 1.54) is 57.8 Å². The molecule has 0 bridgehead atoms. The Morgan fingerprint density at radius 1 is 1.05 bits per heavy atom. The van der Waals surface area contributed by atoms with E-state index in [1.807, 2.05) is 7.05 Å². The van der Waals surface area contributed by atoms with Crippen LogP contribution in [0.25, 0.3) is 0 Å². The largest absolute Gasteiger partial charge is 0.323 e. The van der Waals surface area contributed by atoms with Crippen LogP contribution < -0.4 is 5.73 Å². The minimum Gasteiger partial charge on any atom is -0.323 e. The van der Waals surface area contributed by atoms with E-state index in [2.05, 4.69) is 17.2 Å². The molecule has 0 aliphatic carbocycles. The number of aromatic nitrogens is 3. The molecule has 0 fully saturated rings. The Morgan fingerprint density at radius 3 is 2.16 bits per heavy atom. The SMILES string of the molecule is CCCCCCCCCCCC(N)c1cnnn1C. The number of aryl methyl sites for hydroxylation is 1. The van der Waals surface area contributed by atoms with Gasteiger partial charge in [-0.05, 0) is 6.42 Å². The van der Waals surface area contributed by atoms with Crippen LogP contribution in [0.5, 0.6) is 0 Å². The summed E-state index contributed by atoms with van der Waals surface area (Å²) in [5.41, 5.74) is 7.18. The Morgan fingerprint density at radius 2 is 1.63 bits per heavy atom. The van der Waals surface area contributed by atoms with E-state index >= 15 is 0 Å². The van der Waals surface area contributed by atoms with Gasteiger partial charge in [0.05, 0.1) is 11.9 Å². The summed E-state index contributed by atoms with van der Waals surface area (Å²) in [6.45, 7) is 2.26. The van der Waals surface area contributed by atoms with Crippen molar-refractivity contribution in [3.63, 3.8) is 0 Å². The van der Waals surface area contributed by atoms with Crippen molar-refractivity contribution in [1.29, 1.82) is 0 Å². The Bertz CT molecular complexity index is 322. The zero-order valence-electron chi connectivity index (χ0n) is 12.6. The Kier molecular flexibility index (Phi) is 8.47. The molecule has 1 heterocycles. The molecule has 0 radical (unpaired) electrons. The molecule has 4 heteroatoms. The average Bonchev–Trinajstić information content (AvgIpc) is 2.83. The van der Waals surface area contributed by atoms with Crippen molar-refractivity contribution >= 4 is 0 Å². The summed E-state index contributed by atoms with van der Waals surface area (Å²) in [5.74, 6) is 0. The summed E-state index contributed by atoms with van der Waals surface area (Å²) >= 11 is 0. The highest BCUT2D eigenvalue weighted by Crippen LogP contribution is 2.17. The highest BCUT2D eigenvalue weighted by atomic mass is 15.4. The second-order valence-electron chi connectivity index (χ2n) is 5.51. The fourth-order valence-corrected chi connectivity index (χ4v) is 2.46. The fourth-order valence-electron chi connectivity index (χ4n) is 2.46. The maximum Gasteiger partial charge on any atom is 0.0751 e. The standard InChI is InChI=1S/C15H30N4/c1-3-4-5-6-7-8-9-10-11-12-14(16)15-13-17-18-19(15)2/h13-14H,3-12,16H2,1-2H3. The number of nitrogens with two attached hydrogens (primary N) is 1. The van der Waals surface area contributed by atoms with E-state index in [0.29, 0.717) is 0 Å².